The van der Waals surface area contributed by atoms with Gasteiger partial charge in [0.05, 0.1) is 6.61 Å². The summed E-state index contributed by atoms with van der Waals surface area (Å²) in [6.45, 7) is 4.21. The number of likely N-dealkylation sites (tertiary alicyclic amines) is 1. The molecule has 0 aromatic carbocycles. The summed E-state index contributed by atoms with van der Waals surface area (Å²) in [6.07, 6.45) is 3.80. The second-order valence-corrected chi connectivity index (χ2v) is 3.74. The van der Waals surface area contributed by atoms with Gasteiger partial charge in [-0.15, -0.1) is 6.58 Å². The third-order valence-electron chi connectivity index (χ3n) is 2.57. The number of nitrogens with zero attached hydrogens (tertiary/aromatic N) is 1. The van der Waals surface area contributed by atoms with Crippen molar-refractivity contribution in [2.45, 2.75) is 25.3 Å². The van der Waals surface area contributed by atoms with E-state index in [1.807, 2.05) is 0 Å². The van der Waals surface area contributed by atoms with Crippen molar-refractivity contribution in [3.8, 4) is 0 Å². The molecule has 1 N–H and O–H groups in total. The minimum atomic E-state index is -0.934. The average Bonchev–Trinajstić information content (AvgIpc) is 2.29. The Balaban J connectivity index is 2.50. The van der Waals surface area contributed by atoms with Crippen LogP contribution in [0.4, 0.5) is 0 Å². The summed E-state index contributed by atoms with van der Waals surface area (Å²) in [5.74, 6) is -1.19. The van der Waals surface area contributed by atoms with Crippen LogP contribution < -0.4 is 0 Å². The van der Waals surface area contributed by atoms with Crippen LogP contribution in [0.5, 0.6) is 0 Å². The summed E-state index contributed by atoms with van der Waals surface area (Å²) < 4.78 is 5.02. The maximum atomic E-state index is 11.7. The lowest BCUT2D eigenvalue weighted by atomic mass is 10.0. The smallest absolute Gasteiger partial charge is 0.326 e. The number of hydrogen-bond donors (Lipinski definition) is 1. The molecule has 1 atom stereocenters. The van der Waals surface area contributed by atoms with Gasteiger partial charge in [-0.25, -0.2) is 4.79 Å². The van der Waals surface area contributed by atoms with Gasteiger partial charge in [0, 0.05) is 6.54 Å². The van der Waals surface area contributed by atoms with Gasteiger partial charge in [-0.3, -0.25) is 4.79 Å². The van der Waals surface area contributed by atoms with Crippen molar-refractivity contribution in [1.29, 1.82) is 0 Å². The Morgan fingerprint density at radius 2 is 2.25 bits per heavy atom. The molecule has 5 heteroatoms. The molecule has 1 saturated heterocycles. The Bertz CT molecular complexity index is 277. The normalized spacial score (nSPS) is 20.5. The van der Waals surface area contributed by atoms with Gasteiger partial charge in [-0.05, 0) is 19.3 Å². The van der Waals surface area contributed by atoms with E-state index in [2.05, 4.69) is 6.58 Å². The number of carboxylic acids is 1. The third-order valence-corrected chi connectivity index (χ3v) is 2.57. The van der Waals surface area contributed by atoms with Gasteiger partial charge in [0.1, 0.15) is 12.6 Å². The number of carbonyl (C=O) groups excluding carboxylic acids is 1. The van der Waals surface area contributed by atoms with Crippen LogP contribution in [0.1, 0.15) is 19.3 Å². The first-order valence-corrected chi connectivity index (χ1v) is 5.37. The molecule has 0 aromatic rings. The summed E-state index contributed by atoms with van der Waals surface area (Å²) in [6, 6.07) is -0.686. The maximum Gasteiger partial charge on any atom is 0.326 e. The van der Waals surface area contributed by atoms with E-state index in [1.165, 1.54) is 4.90 Å². The van der Waals surface area contributed by atoms with Crippen LogP contribution in [0.2, 0.25) is 0 Å². The van der Waals surface area contributed by atoms with Crippen molar-refractivity contribution in [3.05, 3.63) is 12.7 Å². The number of amides is 1. The number of carbonyl (C=O) groups is 2. The standard InChI is InChI=1S/C11H17NO4/c1-2-7-16-8-10(13)12-6-4-3-5-9(12)11(14)15/h2,9H,1,3-8H2,(H,14,15). The Kier molecular flexibility index (Phi) is 4.98. The molecule has 1 amide bonds. The monoisotopic (exact) mass is 227 g/mol. The van der Waals surface area contributed by atoms with Crippen molar-refractivity contribution < 1.29 is 19.4 Å². The molecule has 16 heavy (non-hydrogen) atoms. The molecule has 1 fully saturated rings. The highest BCUT2D eigenvalue weighted by atomic mass is 16.5. The first-order valence-electron chi connectivity index (χ1n) is 5.37. The highest BCUT2D eigenvalue weighted by Crippen LogP contribution is 2.17. The lowest BCUT2D eigenvalue weighted by Gasteiger charge is -2.32. The van der Waals surface area contributed by atoms with E-state index in [0.717, 1.165) is 12.8 Å². The average molecular weight is 227 g/mol. The van der Waals surface area contributed by atoms with Crippen LogP contribution in [0.3, 0.4) is 0 Å². The Hall–Kier alpha value is -1.36. The van der Waals surface area contributed by atoms with E-state index in [0.29, 0.717) is 19.6 Å². The zero-order valence-corrected chi connectivity index (χ0v) is 9.22. The third kappa shape index (κ3) is 3.34. The van der Waals surface area contributed by atoms with Gasteiger partial charge in [-0.2, -0.15) is 0 Å². The number of piperidine rings is 1. The van der Waals surface area contributed by atoms with Crippen LogP contribution in [0, 0.1) is 0 Å². The molecule has 1 heterocycles. The molecule has 0 aromatic heterocycles. The Morgan fingerprint density at radius 3 is 2.88 bits per heavy atom. The minimum Gasteiger partial charge on any atom is -0.480 e. The fourth-order valence-corrected chi connectivity index (χ4v) is 1.80. The van der Waals surface area contributed by atoms with Gasteiger partial charge >= 0.3 is 5.97 Å². The van der Waals surface area contributed by atoms with Crippen LogP contribution in [0.15, 0.2) is 12.7 Å². The van der Waals surface area contributed by atoms with E-state index in [1.54, 1.807) is 6.08 Å². The number of carboxylic acid groups (broad SMARTS) is 1. The predicted molar refractivity (Wildman–Crippen MR) is 58.0 cm³/mol. The van der Waals surface area contributed by atoms with Crippen LogP contribution in [-0.2, 0) is 14.3 Å². The molecule has 90 valence electrons. The van der Waals surface area contributed by atoms with Crippen LogP contribution in [-0.4, -0.2) is 47.7 Å². The van der Waals surface area contributed by atoms with Crippen molar-refractivity contribution >= 4 is 11.9 Å². The number of hydrogen-bond acceptors (Lipinski definition) is 3. The van der Waals surface area contributed by atoms with Gasteiger partial charge in [0.15, 0.2) is 0 Å². The summed E-state index contributed by atoms with van der Waals surface area (Å²) in [4.78, 5) is 24.0. The molecule has 0 radical (unpaired) electrons. The van der Waals surface area contributed by atoms with Gasteiger partial charge < -0.3 is 14.7 Å². The molecular formula is C11H17NO4. The molecular weight excluding hydrogens is 210 g/mol. The molecule has 0 spiro atoms. The van der Waals surface area contributed by atoms with E-state index >= 15 is 0 Å². The first kappa shape index (κ1) is 12.7. The topological polar surface area (TPSA) is 66.8 Å². The van der Waals surface area contributed by atoms with E-state index in [-0.39, 0.29) is 12.5 Å². The fourth-order valence-electron chi connectivity index (χ4n) is 1.80. The van der Waals surface area contributed by atoms with Crippen molar-refractivity contribution in [3.63, 3.8) is 0 Å². The van der Waals surface area contributed by atoms with Crippen molar-refractivity contribution in [1.82, 2.24) is 4.90 Å². The van der Waals surface area contributed by atoms with E-state index < -0.39 is 12.0 Å². The first-order chi connectivity index (χ1) is 7.66. The SMILES string of the molecule is C=CCOCC(=O)N1CCCCC1C(=O)O. The molecule has 0 saturated carbocycles. The second-order valence-electron chi connectivity index (χ2n) is 3.74. The highest BCUT2D eigenvalue weighted by molar-refractivity contribution is 5.84. The predicted octanol–water partition coefficient (Wildman–Crippen LogP) is 0.655. The van der Waals surface area contributed by atoms with Gasteiger partial charge in [0.2, 0.25) is 5.91 Å². The maximum absolute atomic E-state index is 11.7. The van der Waals surface area contributed by atoms with E-state index in [9.17, 15) is 9.59 Å². The molecule has 0 aliphatic carbocycles. The highest BCUT2D eigenvalue weighted by Gasteiger charge is 2.31. The van der Waals surface area contributed by atoms with Gasteiger partial charge in [0.25, 0.3) is 0 Å². The zero-order chi connectivity index (χ0) is 12.0. The zero-order valence-electron chi connectivity index (χ0n) is 9.22. The van der Waals surface area contributed by atoms with E-state index in [4.69, 9.17) is 9.84 Å². The fraction of sp³-hybridized carbons (Fsp3) is 0.636. The quantitative estimate of drug-likeness (QED) is 0.553. The molecule has 1 unspecified atom stereocenters. The minimum absolute atomic E-state index is 0.0736. The molecule has 1 aliphatic rings. The summed E-state index contributed by atoms with van der Waals surface area (Å²) in [5.41, 5.74) is 0. The van der Waals surface area contributed by atoms with Crippen molar-refractivity contribution in [2.24, 2.45) is 0 Å². The van der Waals surface area contributed by atoms with Crippen molar-refractivity contribution in [2.75, 3.05) is 19.8 Å². The lowest BCUT2D eigenvalue weighted by molar-refractivity contribution is -0.153. The number of rotatable bonds is 5. The van der Waals surface area contributed by atoms with Crippen LogP contribution >= 0.6 is 0 Å². The van der Waals surface area contributed by atoms with Crippen LogP contribution in [0.25, 0.3) is 0 Å². The summed E-state index contributed by atoms with van der Waals surface area (Å²) in [5, 5.41) is 8.98. The molecule has 1 aliphatic heterocycles. The number of aliphatic carboxylic acids is 1. The number of ether oxygens (including phenoxy) is 1. The largest absolute Gasteiger partial charge is 0.480 e. The summed E-state index contributed by atoms with van der Waals surface area (Å²) >= 11 is 0. The Morgan fingerprint density at radius 1 is 1.50 bits per heavy atom. The molecule has 0 bridgehead atoms. The summed E-state index contributed by atoms with van der Waals surface area (Å²) in [7, 11) is 0. The van der Waals surface area contributed by atoms with Gasteiger partial charge in [-0.1, -0.05) is 6.08 Å². The second kappa shape index (κ2) is 6.27. The lowest BCUT2D eigenvalue weighted by Crippen LogP contribution is -2.49. The molecule has 1 rings (SSSR count). The molecule has 5 nitrogen and oxygen atoms in total. The Labute approximate surface area is 94.7 Å².